The number of ether oxygens (including phenoxy) is 1. The molecule has 1 aliphatic rings. The van der Waals surface area contributed by atoms with Crippen LogP contribution in [0.1, 0.15) is 32.4 Å². The lowest BCUT2D eigenvalue weighted by molar-refractivity contribution is -0.154. The number of thiazole rings is 1. The molecule has 3 aromatic rings. The van der Waals surface area contributed by atoms with Gasteiger partial charge in [0.2, 0.25) is 21.8 Å². The van der Waals surface area contributed by atoms with Crippen molar-refractivity contribution < 1.29 is 31.1 Å². The fourth-order valence-electron chi connectivity index (χ4n) is 2.91. The number of anilines is 2. The van der Waals surface area contributed by atoms with Crippen molar-refractivity contribution in [3.63, 3.8) is 0 Å². The van der Waals surface area contributed by atoms with Crippen LogP contribution in [-0.2, 0) is 20.2 Å². The lowest BCUT2D eigenvalue weighted by Crippen LogP contribution is -2.35. The molecule has 3 aromatic heterocycles. The Hall–Kier alpha value is -3.33. The van der Waals surface area contributed by atoms with E-state index >= 15 is 0 Å². The predicted octanol–water partition coefficient (Wildman–Crippen LogP) is 3.76. The first-order valence-electron chi connectivity index (χ1n) is 10.6. The number of nitrogens with one attached hydrogen (secondary N) is 2. The summed E-state index contributed by atoms with van der Waals surface area (Å²) in [6.07, 6.45) is 0.538. The van der Waals surface area contributed by atoms with E-state index in [1.807, 2.05) is 0 Å². The Bertz CT molecular complexity index is 1360. The van der Waals surface area contributed by atoms with Gasteiger partial charge in [0, 0.05) is 17.1 Å². The zero-order chi connectivity index (χ0) is 26.1. The first-order chi connectivity index (χ1) is 16.8. The number of carbonyl (C=O) groups is 1. The zero-order valence-electron chi connectivity index (χ0n) is 19.0. The minimum Gasteiger partial charge on any atom is -0.467 e. The number of rotatable bonds is 9. The van der Waals surface area contributed by atoms with Crippen LogP contribution in [0.2, 0.25) is 0 Å². The second kappa shape index (κ2) is 9.61. The Morgan fingerprint density at radius 1 is 1.17 bits per heavy atom. The van der Waals surface area contributed by atoms with Crippen LogP contribution in [0.5, 0.6) is 5.88 Å². The van der Waals surface area contributed by atoms with Gasteiger partial charge in [0.15, 0.2) is 11.7 Å². The van der Waals surface area contributed by atoms with E-state index in [-0.39, 0.29) is 22.5 Å². The van der Waals surface area contributed by atoms with Gasteiger partial charge in [0.25, 0.3) is 0 Å². The Morgan fingerprint density at radius 3 is 2.56 bits per heavy atom. The molecular formula is C21H21F3N6O4S2. The standard InChI is InChI=1S/C21H21F3N6O4S2/c1-20(2,15-10-35-19(28-15)30-36(32,33)13-4-5-13)18(31)29-16-6-3-12(7-26-16)14-8-25-9-17(27-14)34-11-21(22,23)24/h3,6-10,13H,4-5,11H2,1-2H3,(H,28,30)(H,26,29,31). The van der Waals surface area contributed by atoms with Crippen molar-refractivity contribution in [2.45, 2.75) is 43.5 Å². The number of halogens is 3. The Kier molecular flexibility index (Phi) is 6.88. The molecule has 0 radical (unpaired) electrons. The normalized spacial score (nSPS) is 14.4. The van der Waals surface area contributed by atoms with Gasteiger partial charge in [-0.15, -0.1) is 11.3 Å². The maximum Gasteiger partial charge on any atom is 0.422 e. The molecule has 0 aromatic carbocycles. The molecule has 2 N–H and O–H groups in total. The number of alkyl halides is 3. The van der Waals surface area contributed by atoms with Crippen molar-refractivity contribution in [3.8, 4) is 17.1 Å². The van der Waals surface area contributed by atoms with Gasteiger partial charge in [-0.3, -0.25) is 14.5 Å². The zero-order valence-corrected chi connectivity index (χ0v) is 20.7. The minimum absolute atomic E-state index is 0.197. The number of carbonyl (C=O) groups excluding carboxylic acids is 1. The number of aromatic nitrogens is 4. The second-order valence-electron chi connectivity index (χ2n) is 8.54. The van der Waals surface area contributed by atoms with Crippen LogP contribution in [0.15, 0.2) is 36.1 Å². The molecule has 0 unspecified atom stereocenters. The molecule has 15 heteroatoms. The average molecular weight is 543 g/mol. The van der Waals surface area contributed by atoms with Gasteiger partial charge in [-0.05, 0) is 38.8 Å². The van der Waals surface area contributed by atoms with Crippen molar-refractivity contribution >= 4 is 38.2 Å². The quantitative estimate of drug-likeness (QED) is 0.417. The van der Waals surface area contributed by atoms with Crippen LogP contribution in [-0.4, -0.2) is 52.3 Å². The van der Waals surface area contributed by atoms with E-state index < -0.39 is 39.4 Å². The molecule has 1 fully saturated rings. The van der Waals surface area contributed by atoms with Gasteiger partial charge >= 0.3 is 6.18 Å². The maximum absolute atomic E-state index is 12.9. The molecule has 3 heterocycles. The maximum atomic E-state index is 12.9. The Balaban J connectivity index is 1.41. The second-order valence-corrected chi connectivity index (χ2v) is 11.4. The van der Waals surface area contributed by atoms with Crippen molar-refractivity contribution in [3.05, 3.63) is 41.8 Å². The van der Waals surface area contributed by atoms with E-state index in [1.54, 1.807) is 25.3 Å². The van der Waals surface area contributed by atoms with Gasteiger partial charge < -0.3 is 10.1 Å². The number of hydrogen-bond acceptors (Lipinski definition) is 9. The number of sulfonamides is 1. The third kappa shape index (κ3) is 6.26. The van der Waals surface area contributed by atoms with Crippen LogP contribution >= 0.6 is 11.3 Å². The summed E-state index contributed by atoms with van der Waals surface area (Å²) >= 11 is 1.10. The molecule has 4 rings (SSSR count). The van der Waals surface area contributed by atoms with Crippen LogP contribution in [0.3, 0.4) is 0 Å². The summed E-state index contributed by atoms with van der Waals surface area (Å²) in [5.74, 6) is -0.489. The summed E-state index contributed by atoms with van der Waals surface area (Å²) in [4.78, 5) is 29.2. The molecule has 36 heavy (non-hydrogen) atoms. The molecule has 0 atom stereocenters. The Morgan fingerprint density at radius 2 is 1.92 bits per heavy atom. The van der Waals surface area contributed by atoms with Crippen LogP contribution in [0, 0.1) is 0 Å². The van der Waals surface area contributed by atoms with Gasteiger partial charge in [0.1, 0.15) is 5.82 Å². The lowest BCUT2D eigenvalue weighted by Gasteiger charge is -2.21. The topological polar surface area (TPSA) is 136 Å². The van der Waals surface area contributed by atoms with E-state index in [0.29, 0.717) is 24.1 Å². The predicted molar refractivity (Wildman–Crippen MR) is 126 cm³/mol. The molecular weight excluding hydrogens is 521 g/mol. The first kappa shape index (κ1) is 25.8. The van der Waals surface area contributed by atoms with Crippen molar-refractivity contribution in [1.29, 1.82) is 0 Å². The van der Waals surface area contributed by atoms with Gasteiger partial charge in [0.05, 0.1) is 34.4 Å². The smallest absolute Gasteiger partial charge is 0.422 e. The lowest BCUT2D eigenvalue weighted by atomic mass is 9.89. The molecule has 192 valence electrons. The number of pyridine rings is 1. The van der Waals surface area contributed by atoms with Gasteiger partial charge in [-0.2, -0.15) is 13.2 Å². The molecule has 0 spiro atoms. The highest BCUT2D eigenvalue weighted by Gasteiger charge is 2.37. The largest absolute Gasteiger partial charge is 0.467 e. The number of nitrogens with zero attached hydrogens (tertiary/aromatic N) is 4. The third-order valence-corrected chi connectivity index (χ3v) is 7.92. The molecule has 0 saturated heterocycles. The molecule has 1 aliphatic carbocycles. The fraction of sp³-hybridized carbons (Fsp3) is 0.381. The van der Waals surface area contributed by atoms with E-state index in [9.17, 15) is 26.4 Å². The van der Waals surface area contributed by atoms with E-state index in [1.165, 1.54) is 18.5 Å². The SMILES string of the molecule is CC(C)(C(=O)Nc1ccc(-c2cncc(OCC(F)(F)F)n2)cn1)c1csc(NS(=O)(=O)C2CC2)n1. The summed E-state index contributed by atoms with van der Waals surface area (Å²) in [6.45, 7) is 1.80. The number of hydrogen-bond donors (Lipinski definition) is 2. The molecule has 0 aliphatic heterocycles. The highest BCUT2D eigenvalue weighted by Crippen LogP contribution is 2.33. The van der Waals surface area contributed by atoms with E-state index in [0.717, 1.165) is 17.5 Å². The summed E-state index contributed by atoms with van der Waals surface area (Å²) < 4.78 is 68.4. The van der Waals surface area contributed by atoms with E-state index in [2.05, 4.69) is 34.7 Å². The third-order valence-electron chi connectivity index (χ3n) is 5.20. The van der Waals surface area contributed by atoms with E-state index in [4.69, 9.17) is 0 Å². The van der Waals surface area contributed by atoms with Crippen LogP contribution in [0.25, 0.3) is 11.3 Å². The van der Waals surface area contributed by atoms with Crippen molar-refractivity contribution in [2.75, 3.05) is 16.6 Å². The molecule has 10 nitrogen and oxygen atoms in total. The molecule has 1 saturated carbocycles. The average Bonchev–Trinajstić information content (AvgIpc) is 3.58. The summed E-state index contributed by atoms with van der Waals surface area (Å²) in [5, 5.41) is 4.11. The van der Waals surface area contributed by atoms with Crippen molar-refractivity contribution in [1.82, 2.24) is 19.9 Å². The Labute approximate surface area is 208 Å². The summed E-state index contributed by atoms with van der Waals surface area (Å²) in [7, 11) is -3.46. The van der Waals surface area contributed by atoms with Gasteiger partial charge in [-0.25, -0.2) is 23.4 Å². The monoisotopic (exact) mass is 542 g/mol. The fourth-order valence-corrected chi connectivity index (χ4v) is 5.39. The minimum atomic E-state index is -4.50. The molecule has 1 amide bonds. The highest BCUT2D eigenvalue weighted by atomic mass is 32.2. The highest BCUT2D eigenvalue weighted by molar-refractivity contribution is 7.93. The first-order valence-corrected chi connectivity index (χ1v) is 13.0. The molecule has 0 bridgehead atoms. The summed E-state index contributed by atoms with van der Waals surface area (Å²) in [6, 6.07) is 3.07. The number of amides is 1. The summed E-state index contributed by atoms with van der Waals surface area (Å²) in [5.41, 5.74) is -0.0233. The van der Waals surface area contributed by atoms with Crippen LogP contribution < -0.4 is 14.8 Å². The van der Waals surface area contributed by atoms with Gasteiger partial charge in [-0.1, -0.05) is 0 Å². The van der Waals surface area contributed by atoms with Crippen molar-refractivity contribution in [2.24, 2.45) is 0 Å². The van der Waals surface area contributed by atoms with Crippen LogP contribution in [0.4, 0.5) is 24.1 Å².